The van der Waals surface area contributed by atoms with E-state index in [1.54, 1.807) is 0 Å². The number of halogens is 3. The number of carbonyl (C=O) groups is 1. The van der Waals surface area contributed by atoms with Crippen LogP contribution >= 0.6 is 0 Å². The van der Waals surface area contributed by atoms with E-state index < -0.39 is 22.4 Å². The van der Waals surface area contributed by atoms with Crippen LogP contribution in [-0.2, 0) is 15.0 Å². The molecule has 142 valence electrons. The molecule has 24 heavy (non-hydrogen) atoms. The minimum Gasteiger partial charge on any atom is -0.475 e. The molecule has 11 heteroatoms. The van der Waals surface area contributed by atoms with E-state index in [1.807, 2.05) is 20.8 Å². The Morgan fingerprint density at radius 1 is 1.29 bits per heavy atom. The van der Waals surface area contributed by atoms with Crippen LogP contribution in [0.15, 0.2) is 0 Å². The molecule has 4 N–H and O–H groups in total. The molecule has 0 bridgehead atoms. The number of carboxylic acid groups (broad SMARTS) is 1. The summed E-state index contributed by atoms with van der Waals surface area (Å²) in [4.78, 5) is 8.90. The van der Waals surface area contributed by atoms with Crippen LogP contribution in [0.5, 0.6) is 0 Å². The van der Waals surface area contributed by atoms with E-state index in [9.17, 15) is 21.6 Å². The Kier molecular flexibility index (Phi) is 5.96. The lowest BCUT2D eigenvalue weighted by Gasteiger charge is -2.56. The van der Waals surface area contributed by atoms with Gasteiger partial charge in [0.15, 0.2) is 0 Å². The van der Waals surface area contributed by atoms with Gasteiger partial charge in [-0.3, -0.25) is 0 Å². The normalized spacial score (nSPS) is 20.8. The second kappa shape index (κ2) is 6.77. The highest BCUT2D eigenvalue weighted by atomic mass is 32.2. The summed E-state index contributed by atoms with van der Waals surface area (Å²) in [6.07, 6.45) is -3.18. The molecule has 2 rings (SSSR count). The summed E-state index contributed by atoms with van der Waals surface area (Å²) in [6, 6.07) is 0.103. The van der Waals surface area contributed by atoms with Gasteiger partial charge in [0.25, 0.3) is 10.2 Å². The second-order valence-corrected chi connectivity index (χ2v) is 9.12. The predicted octanol–water partition coefficient (Wildman–Crippen LogP) is 0.923. The van der Waals surface area contributed by atoms with Gasteiger partial charge in [-0.25, -0.2) is 9.93 Å². The van der Waals surface area contributed by atoms with E-state index in [4.69, 9.17) is 15.0 Å². The third-order valence-corrected chi connectivity index (χ3v) is 5.03. The lowest BCUT2D eigenvalue weighted by Crippen LogP contribution is -2.66. The number of alkyl halides is 3. The van der Waals surface area contributed by atoms with E-state index in [-0.39, 0.29) is 11.5 Å². The largest absolute Gasteiger partial charge is 0.490 e. The quantitative estimate of drug-likeness (QED) is 0.679. The molecule has 0 aromatic rings. The van der Waals surface area contributed by atoms with Gasteiger partial charge in [0.1, 0.15) is 0 Å². The molecule has 1 aliphatic carbocycles. The second-order valence-electron chi connectivity index (χ2n) is 7.62. The van der Waals surface area contributed by atoms with Crippen LogP contribution < -0.4 is 10.5 Å². The summed E-state index contributed by atoms with van der Waals surface area (Å²) in [5.74, 6) is -2.76. The molecule has 1 aliphatic heterocycles. The Labute approximate surface area is 139 Å². The van der Waals surface area contributed by atoms with Crippen molar-refractivity contribution in [3.05, 3.63) is 0 Å². The van der Waals surface area contributed by atoms with Crippen LogP contribution in [0.4, 0.5) is 13.2 Å². The van der Waals surface area contributed by atoms with E-state index >= 15 is 0 Å². The van der Waals surface area contributed by atoms with E-state index in [2.05, 4.69) is 5.32 Å². The average Bonchev–Trinajstić information content (AvgIpc) is 2.19. The average molecular weight is 375 g/mol. The number of hydrogen-bond donors (Lipinski definition) is 3. The first-order valence-corrected chi connectivity index (χ1v) is 8.87. The van der Waals surface area contributed by atoms with Crippen LogP contribution in [0.25, 0.3) is 0 Å². The summed E-state index contributed by atoms with van der Waals surface area (Å²) in [5.41, 5.74) is 0.304. The molecule has 1 spiro atoms. The molecule has 1 saturated heterocycles. The lowest BCUT2D eigenvalue weighted by molar-refractivity contribution is -0.192. The Balaban J connectivity index is 0.000000351. The molecule has 0 radical (unpaired) electrons. The standard InChI is InChI=1S/C11H23N3O2S.C2HF3O2/c1-10(2,3)8-14(17(12,15)16)9-4-11(5-9)6-13-7-11;3-2(4,5)1(6)7/h9,13H,4-8H2,1-3H3,(H2,12,15,16);(H,6,7). The minimum absolute atomic E-state index is 0.0624. The number of hydrogen-bond acceptors (Lipinski definition) is 4. The smallest absolute Gasteiger partial charge is 0.475 e. The molecule has 0 amide bonds. The summed E-state index contributed by atoms with van der Waals surface area (Å²) < 4.78 is 56.5. The van der Waals surface area contributed by atoms with Gasteiger partial charge in [-0.1, -0.05) is 20.8 Å². The van der Waals surface area contributed by atoms with Crippen LogP contribution in [0.2, 0.25) is 0 Å². The molecule has 0 aromatic carbocycles. The minimum atomic E-state index is -5.08. The fourth-order valence-electron chi connectivity index (χ4n) is 2.81. The number of nitrogens with two attached hydrogens (primary N) is 1. The van der Waals surface area contributed by atoms with Crippen LogP contribution in [0, 0.1) is 10.8 Å². The molecule has 7 nitrogen and oxygen atoms in total. The van der Waals surface area contributed by atoms with Gasteiger partial charge in [-0.2, -0.15) is 25.9 Å². The van der Waals surface area contributed by atoms with Crippen molar-refractivity contribution in [2.75, 3.05) is 19.6 Å². The van der Waals surface area contributed by atoms with Gasteiger partial charge in [0, 0.05) is 25.7 Å². The van der Waals surface area contributed by atoms with Crippen LogP contribution in [0.3, 0.4) is 0 Å². The Bertz CT molecular complexity index is 560. The predicted molar refractivity (Wildman–Crippen MR) is 81.3 cm³/mol. The molecule has 1 saturated carbocycles. The van der Waals surface area contributed by atoms with Crippen LogP contribution in [0.1, 0.15) is 33.6 Å². The van der Waals surface area contributed by atoms with Crippen molar-refractivity contribution in [1.82, 2.24) is 9.62 Å². The summed E-state index contributed by atoms with van der Waals surface area (Å²) >= 11 is 0. The molecule has 0 aromatic heterocycles. The zero-order valence-corrected chi connectivity index (χ0v) is 14.7. The molecule has 2 aliphatic rings. The van der Waals surface area contributed by atoms with Crippen molar-refractivity contribution in [3.8, 4) is 0 Å². The summed E-state index contributed by atoms with van der Waals surface area (Å²) in [5, 5.41) is 15.7. The highest BCUT2D eigenvalue weighted by Gasteiger charge is 2.52. The summed E-state index contributed by atoms with van der Waals surface area (Å²) in [7, 11) is -3.58. The first-order chi connectivity index (χ1) is 10.6. The molecule has 2 fully saturated rings. The highest BCUT2D eigenvalue weighted by Crippen LogP contribution is 2.47. The van der Waals surface area contributed by atoms with Crippen molar-refractivity contribution < 1.29 is 31.5 Å². The SMILES string of the molecule is CC(C)(C)CN(C1CC2(CNC2)C1)S(N)(=O)=O.O=C(O)C(F)(F)F. The maximum atomic E-state index is 11.6. The Morgan fingerprint density at radius 3 is 1.92 bits per heavy atom. The lowest BCUT2D eigenvalue weighted by atomic mass is 9.61. The fraction of sp³-hybridized carbons (Fsp3) is 0.923. The first kappa shape index (κ1) is 21.1. The number of carboxylic acids is 1. The maximum Gasteiger partial charge on any atom is 0.490 e. The number of nitrogens with zero attached hydrogens (tertiary/aromatic N) is 1. The summed E-state index contributed by atoms with van der Waals surface area (Å²) in [6.45, 7) is 8.65. The van der Waals surface area contributed by atoms with Crippen molar-refractivity contribution >= 4 is 16.2 Å². The molecule has 0 unspecified atom stereocenters. The van der Waals surface area contributed by atoms with Crippen molar-refractivity contribution in [3.63, 3.8) is 0 Å². The highest BCUT2D eigenvalue weighted by molar-refractivity contribution is 7.86. The Hall–Kier alpha value is -0.910. The van der Waals surface area contributed by atoms with Crippen molar-refractivity contribution in [2.45, 2.75) is 45.8 Å². The van der Waals surface area contributed by atoms with E-state index in [0.717, 1.165) is 25.9 Å². The molecular formula is C13H24F3N3O4S. The van der Waals surface area contributed by atoms with Gasteiger partial charge < -0.3 is 10.4 Å². The zero-order chi connectivity index (χ0) is 19.0. The first-order valence-electron chi connectivity index (χ1n) is 7.36. The van der Waals surface area contributed by atoms with Crippen molar-refractivity contribution in [2.24, 2.45) is 16.0 Å². The third-order valence-electron chi connectivity index (χ3n) is 3.94. The maximum absolute atomic E-state index is 11.6. The third kappa shape index (κ3) is 5.87. The van der Waals surface area contributed by atoms with E-state index in [1.165, 1.54) is 4.31 Å². The van der Waals surface area contributed by atoms with E-state index in [0.29, 0.717) is 12.0 Å². The molecule has 0 atom stereocenters. The number of aliphatic carboxylic acids is 1. The number of rotatable bonds is 3. The van der Waals surface area contributed by atoms with Crippen molar-refractivity contribution in [1.29, 1.82) is 0 Å². The van der Waals surface area contributed by atoms with Gasteiger partial charge in [-0.15, -0.1) is 0 Å². The fourth-order valence-corrected chi connectivity index (χ4v) is 3.94. The molecule has 1 heterocycles. The van der Waals surface area contributed by atoms with Gasteiger partial charge in [-0.05, 0) is 23.7 Å². The van der Waals surface area contributed by atoms with Gasteiger partial charge in [0.2, 0.25) is 0 Å². The Morgan fingerprint density at radius 2 is 1.71 bits per heavy atom. The van der Waals surface area contributed by atoms with Gasteiger partial charge >= 0.3 is 12.1 Å². The van der Waals surface area contributed by atoms with Gasteiger partial charge in [0.05, 0.1) is 0 Å². The number of nitrogens with one attached hydrogen (secondary N) is 1. The molecular weight excluding hydrogens is 351 g/mol. The zero-order valence-electron chi connectivity index (χ0n) is 13.9. The monoisotopic (exact) mass is 375 g/mol. The topological polar surface area (TPSA) is 113 Å². The van der Waals surface area contributed by atoms with Crippen LogP contribution in [-0.4, -0.2) is 55.7 Å².